The van der Waals surface area contributed by atoms with E-state index in [0.717, 1.165) is 0 Å². The number of carbonyl (C=O) groups is 1. The Hall–Kier alpha value is -1.66. The van der Waals surface area contributed by atoms with Crippen LogP contribution in [0.3, 0.4) is 0 Å². The van der Waals surface area contributed by atoms with Crippen molar-refractivity contribution in [2.24, 2.45) is 0 Å². The van der Waals surface area contributed by atoms with Gasteiger partial charge in [0.1, 0.15) is 0 Å². The van der Waals surface area contributed by atoms with Crippen molar-refractivity contribution in [1.82, 2.24) is 4.72 Å². The van der Waals surface area contributed by atoms with Gasteiger partial charge in [-0.15, -0.1) is 6.58 Å². The number of sulfonamides is 1. The summed E-state index contributed by atoms with van der Waals surface area (Å²) in [6.07, 6.45) is 2.23. The molecule has 0 aliphatic carbocycles. The van der Waals surface area contributed by atoms with Gasteiger partial charge >= 0.3 is 5.97 Å². The summed E-state index contributed by atoms with van der Waals surface area (Å²) < 4.78 is 30.5. The molecule has 104 valence electrons. The van der Waals surface area contributed by atoms with Crippen LogP contribution in [0.25, 0.3) is 0 Å². The van der Waals surface area contributed by atoms with E-state index in [0.29, 0.717) is 24.1 Å². The Morgan fingerprint density at radius 1 is 1.37 bits per heavy atom. The zero-order valence-corrected chi connectivity index (χ0v) is 11.6. The second-order valence-electron chi connectivity index (χ2n) is 3.92. The molecule has 0 aliphatic heterocycles. The summed E-state index contributed by atoms with van der Waals surface area (Å²) in [5.74, 6) is -0.565. The number of rotatable bonds is 7. The van der Waals surface area contributed by atoms with Crippen molar-refractivity contribution < 1.29 is 17.9 Å². The number of methoxy groups -OCH3 is 1. The van der Waals surface area contributed by atoms with Crippen LogP contribution in [-0.4, -0.2) is 28.0 Å². The fraction of sp³-hybridized carbons (Fsp3) is 0.308. The van der Waals surface area contributed by atoms with Gasteiger partial charge in [0.25, 0.3) is 0 Å². The van der Waals surface area contributed by atoms with Gasteiger partial charge in [-0.05, 0) is 24.1 Å². The van der Waals surface area contributed by atoms with E-state index in [-0.39, 0.29) is 5.75 Å². The molecule has 0 amide bonds. The average molecular weight is 283 g/mol. The lowest BCUT2D eigenvalue weighted by Crippen LogP contribution is -2.25. The molecule has 0 aliphatic rings. The number of benzene rings is 1. The molecule has 5 nitrogen and oxygen atoms in total. The fourth-order valence-corrected chi connectivity index (χ4v) is 2.60. The van der Waals surface area contributed by atoms with Crippen molar-refractivity contribution in [2.75, 3.05) is 13.7 Å². The fourth-order valence-electron chi connectivity index (χ4n) is 1.44. The van der Waals surface area contributed by atoms with E-state index in [4.69, 9.17) is 0 Å². The van der Waals surface area contributed by atoms with E-state index < -0.39 is 16.0 Å². The summed E-state index contributed by atoms with van der Waals surface area (Å²) in [7, 11) is -2.06. The molecule has 6 heteroatoms. The van der Waals surface area contributed by atoms with Crippen LogP contribution >= 0.6 is 0 Å². The quantitative estimate of drug-likeness (QED) is 0.467. The van der Waals surface area contributed by atoms with E-state index in [1.165, 1.54) is 7.11 Å². The highest BCUT2D eigenvalue weighted by molar-refractivity contribution is 7.88. The number of nitrogens with one attached hydrogen (secondary N) is 1. The molecule has 1 aromatic rings. The number of hydrogen-bond acceptors (Lipinski definition) is 4. The number of esters is 1. The lowest BCUT2D eigenvalue weighted by Gasteiger charge is -2.06. The van der Waals surface area contributed by atoms with Crippen molar-refractivity contribution in [2.45, 2.75) is 12.2 Å². The Kier molecular flexibility index (Phi) is 5.72. The predicted octanol–water partition coefficient (Wildman–Crippen LogP) is 1.47. The first kappa shape index (κ1) is 15.4. The van der Waals surface area contributed by atoms with Crippen molar-refractivity contribution in [3.8, 4) is 0 Å². The standard InChI is InChI=1S/C13H17NO4S/c1-3-4-9-14-19(16,17)10-11-5-7-12(8-6-11)13(15)18-2/h3,5-8,14H,1,4,9-10H2,2H3. The van der Waals surface area contributed by atoms with Crippen molar-refractivity contribution in [3.63, 3.8) is 0 Å². The number of ether oxygens (including phenoxy) is 1. The molecule has 0 fully saturated rings. The molecule has 0 spiro atoms. The molecule has 1 rings (SSSR count). The topological polar surface area (TPSA) is 72.5 Å². The second-order valence-corrected chi connectivity index (χ2v) is 5.73. The molecule has 19 heavy (non-hydrogen) atoms. The Morgan fingerprint density at radius 3 is 2.53 bits per heavy atom. The first-order valence-corrected chi connectivity index (χ1v) is 7.39. The van der Waals surface area contributed by atoms with Crippen LogP contribution in [0.4, 0.5) is 0 Å². The molecule has 1 aromatic carbocycles. The van der Waals surface area contributed by atoms with Gasteiger partial charge in [0, 0.05) is 6.54 Å². The SMILES string of the molecule is C=CCCNS(=O)(=O)Cc1ccc(C(=O)OC)cc1. The Balaban J connectivity index is 2.67. The zero-order chi connectivity index (χ0) is 14.3. The summed E-state index contributed by atoms with van der Waals surface area (Å²) in [5, 5.41) is 0. The van der Waals surface area contributed by atoms with Crippen LogP contribution in [0.2, 0.25) is 0 Å². The summed E-state index contributed by atoms with van der Waals surface area (Å²) in [5.41, 5.74) is 1.00. The van der Waals surface area contributed by atoms with Crippen LogP contribution in [0.1, 0.15) is 22.3 Å². The van der Waals surface area contributed by atoms with E-state index in [2.05, 4.69) is 16.0 Å². The van der Waals surface area contributed by atoms with Crippen molar-refractivity contribution in [1.29, 1.82) is 0 Å². The second kappa shape index (κ2) is 7.06. The average Bonchev–Trinajstić information content (AvgIpc) is 2.38. The first-order chi connectivity index (χ1) is 8.98. The molecule has 0 heterocycles. The smallest absolute Gasteiger partial charge is 0.337 e. The highest BCUT2D eigenvalue weighted by Gasteiger charge is 2.11. The minimum atomic E-state index is -3.36. The van der Waals surface area contributed by atoms with Crippen LogP contribution in [0.15, 0.2) is 36.9 Å². The van der Waals surface area contributed by atoms with Crippen LogP contribution < -0.4 is 4.72 Å². The van der Waals surface area contributed by atoms with Crippen molar-refractivity contribution >= 4 is 16.0 Å². The lowest BCUT2D eigenvalue weighted by molar-refractivity contribution is 0.0600. The summed E-state index contributed by atoms with van der Waals surface area (Å²) in [6.45, 7) is 3.86. The molecular formula is C13H17NO4S. The Morgan fingerprint density at radius 2 is 2.00 bits per heavy atom. The Labute approximate surface area is 113 Å². The minimum absolute atomic E-state index is 0.119. The van der Waals surface area contributed by atoms with Crippen molar-refractivity contribution in [3.05, 3.63) is 48.0 Å². The number of hydrogen-bond donors (Lipinski definition) is 1. The molecule has 0 atom stereocenters. The normalized spacial score (nSPS) is 11.0. The Bertz CT molecular complexity index is 534. The highest BCUT2D eigenvalue weighted by atomic mass is 32.2. The third-order valence-corrected chi connectivity index (χ3v) is 3.76. The predicted molar refractivity (Wildman–Crippen MR) is 73.2 cm³/mol. The van der Waals surface area contributed by atoms with Gasteiger partial charge in [0.2, 0.25) is 10.0 Å². The monoisotopic (exact) mass is 283 g/mol. The van der Waals surface area contributed by atoms with E-state index in [1.54, 1.807) is 30.3 Å². The largest absolute Gasteiger partial charge is 0.465 e. The van der Waals surface area contributed by atoms with Crippen LogP contribution in [0.5, 0.6) is 0 Å². The maximum atomic E-state index is 11.7. The molecule has 0 bridgehead atoms. The third kappa shape index (κ3) is 5.23. The minimum Gasteiger partial charge on any atom is -0.465 e. The van der Waals surface area contributed by atoms with Gasteiger partial charge in [0.15, 0.2) is 0 Å². The van der Waals surface area contributed by atoms with Gasteiger partial charge < -0.3 is 4.74 Å². The molecule has 0 aromatic heterocycles. The van der Waals surface area contributed by atoms with Crippen LogP contribution in [-0.2, 0) is 20.5 Å². The lowest BCUT2D eigenvalue weighted by atomic mass is 10.1. The van der Waals surface area contributed by atoms with E-state index in [1.807, 2.05) is 0 Å². The summed E-state index contributed by atoms with van der Waals surface area (Å²) in [6, 6.07) is 6.28. The molecule has 0 saturated heterocycles. The molecule has 0 unspecified atom stereocenters. The van der Waals surface area contributed by atoms with Crippen LogP contribution in [0, 0.1) is 0 Å². The number of carbonyl (C=O) groups excluding carboxylic acids is 1. The molecule has 0 saturated carbocycles. The maximum Gasteiger partial charge on any atom is 0.337 e. The van der Waals surface area contributed by atoms with Gasteiger partial charge in [-0.25, -0.2) is 17.9 Å². The van der Waals surface area contributed by atoms with Gasteiger partial charge in [-0.3, -0.25) is 0 Å². The van der Waals surface area contributed by atoms with E-state index in [9.17, 15) is 13.2 Å². The zero-order valence-electron chi connectivity index (χ0n) is 10.8. The van der Waals surface area contributed by atoms with Gasteiger partial charge in [-0.2, -0.15) is 0 Å². The van der Waals surface area contributed by atoms with E-state index >= 15 is 0 Å². The summed E-state index contributed by atoms with van der Waals surface area (Å²) >= 11 is 0. The highest BCUT2D eigenvalue weighted by Crippen LogP contribution is 2.08. The molecular weight excluding hydrogens is 266 g/mol. The van der Waals surface area contributed by atoms with Gasteiger partial charge in [-0.1, -0.05) is 18.2 Å². The first-order valence-electron chi connectivity index (χ1n) is 5.74. The molecule has 1 N–H and O–H groups in total. The summed E-state index contributed by atoms with van der Waals surface area (Å²) in [4.78, 5) is 11.2. The van der Waals surface area contributed by atoms with Gasteiger partial charge in [0.05, 0.1) is 18.4 Å². The molecule has 0 radical (unpaired) electrons. The maximum absolute atomic E-state index is 11.7. The third-order valence-electron chi connectivity index (χ3n) is 2.40.